The van der Waals surface area contributed by atoms with E-state index in [4.69, 9.17) is 23.2 Å². The Morgan fingerprint density at radius 2 is 1.81 bits per heavy atom. The van der Waals surface area contributed by atoms with Crippen LogP contribution in [-0.2, 0) is 6.42 Å². The van der Waals surface area contributed by atoms with Crippen molar-refractivity contribution >= 4 is 23.2 Å². The van der Waals surface area contributed by atoms with Crippen molar-refractivity contribution in [3.63, 3.8) is 0 Å². The summed E-state index contributed by atoms with van der Waals surface area (Å²) in [6, 6.07) is 11.1. The zero-order chi connectivity index (χ0) is 15.4. The summed E-state index contributed by atoms with van der Waals surface area (Å²) in [5, 5.41) is 4.34. The fourth-order valence-electron chi connectivity index (χ4n) is 2.34. The Labute approximate surface area is 135 Å². The summed E-state index contributed by atoms with van der Waals surface area (Å²) in [4.78, 5) is 0. The predicted octanol–water partition coefficient (Wildman–Crippen LogP) is 5.33. The molecule has 0 aliphatic heterocycles. The smallest absolute Gasteiger partial charge is 0.142 e. The first kappa shape index (κ1) is 16.3. The molecule has 1 N–H and O–H groups in total. The third-order valence-electron chi connectivity index (χ3n) is 3.46. The topological polar surface area (TPSA) is 12.0 Å². The largest absolute Gasteiger partial charge is 0.310 e. The second-order valence-electron chi connectivity index (χ2n) is 5.07. The predicted molar refractivity (Wildman–Crippen MR) is 87.7 cm³/mol. The third-order valence-corrected chi connectivity index (χ3v) is 4.19. The molecule has 2 rings (SSSR count). The van der Waals surface area contributed by atoms with Crippen LogP contribution in [-0.4, -0.2) is 6.54 Å². The van der Waals surface area contributed by atoms with Gasteiger partial charge in [-0.15, -0.1) is 0 Å². The Hall–Kier alpha value is -1.09. The number of likely N-dealkylation sites (N-methyl/N-ethyl adjacent to an activating group) is 1. The van der Waals surface area contributed by atoms with E-state index in [9.17, 15) is 4.39 Å². The Morgan fingerprint density at radius 1 is 1.10 bits per heavy atom. The van der Waals surface area contributed by atoms with E-state index in [0.29, 0.717) is 6.42 Å². The van der Waals surface area contributed by atoms with Crippen LogP contribution in [0.4, 0.5) is 4.39 Å². The molecule has 4 heteroatoms. The van der Waals surface area contributed by atoms with Crippen molar-refractivity contribution in [1.29, 1.82) is 0 Å². The second-order valence-corrected chi connectivity index (χ2v) is 5.89. The van der Waals surface area contributed by atoms with Crippen LogP contribution in [0.15, 0.2) is 36.4 Å². The lowest BCUT2D eigenvalue weighted by atomic mass is 9.97. The van der Waals surface area contributed by atoms with Gasteiger partial charge in [0.15, 0.2) is 0 Å². The van der Waals surface area contributed by atoms with Crippen LogP contribution in [0.3, 0.4) is 0 Å². The quantitative estimate of drug-likeness (QED) is 0.782. The number of halogens is 3. The van der Waals surface area contributed by atoms with Crippen molar-refractivity contribution in [1.82, 2.24) is 5.32 Å². The van der Waals surface area contributed by atoms with Crippen LogP contribution in [0, 0.1) is 12.7 Å². The standard InChI is InChI=1S/C17H18Cl2FN/c1-3-21-17(13-5-7-14(18)11(2)8-13)10-12-4-6-15(19)16(20)9-12/h4-9,17,21H,3,10H2,1-2H3. The summed E-state index contributed by atoms with van der Waals surface area (Å²) in [6.07, 6.45) is 0.697. The van der Waals surface area contributed by atoms with Crippen LogP contribution in [0.1, 0.15) is 29.7 Å². The molecule has 0 heterocycles. The highest BCUT2D eigenvalue weighted by Gasteiger charge is 2.13. The zero-order valence-corrected chi connectivity index (χ0v) is 13.6. The Kier molecular flexibility index (Phi) is 5.63. The first-order valence-electron chi connectivity index (χ1n) is 6.94. The van der Waals surface area contributed by atoms with Gasteiger partial charge in [0.1, 0.15) is 5.82 Å². The van der Waals surface area contributed by atoms with Gasteiger partial charge in [0.05, 0.1) is 5.02 Å². The van der Waals surface area contributed by atoms with Crippen molar-refractivity contribution in [3.8, 4) is 0 Å². The summed E-state index contributed by atoms with van der Waals surface area (Å²) in [7, 11) is 0. The van der Waals surface area contributed by atoms with E-state index >= 15 is 0 Å². The molecular weight excluding hydrogens is 308 g/mol. The maximum atomic E-state index is 13.6. The number of rotatable bonds is 5. The molecule has 1 unspecified atom stereocenters. The highest BCUT2D eigenvalue weighted by Crippen LogP contribution is 2.25. The molecule has 0 bridgehead atoms. The van der Waals surface area contributed by atoms with Gasteiger partial charge in [0.25, 0.3) is 0 Å². The average Bonchev–Trinajstić information content (AvgIpc) is 2.45. The molecule has 0 fully saturated rings. The molecule has 112 valence electrons. The highest BCUT2D eigenvalue weighted by molar-refractivity contribution is 6.31. The first-order chi connectivity index (χ1) is 10.0. The van der Waals surface area contributed by atoms with Gasteiger partial charge in [0.2, 0.25) is 0 Å². The molecule has 0 aliphatic carbocycles. The summed E-state index contributed by atoms with van der Waals surface area (Å²) in [6.45, 7) is 4.87. The van der Waals surface area contributed by atoms with E-state index in [1.165, 1.54) is 6.07 Å². The minimum Gasteiger partial charge on any atom is -0.310 e. The van der Waals surface area contributed by atoms with Crippen LogP contribution < -0.4 is 5.32 Å². The molecule has 0 amide bonds. The molecule has 0 radical (unpaired) electrons. The maximum Gasteiger partial charge on any atom is 0.142 e. The molecule has 0 aromatic heterocycles. The van der Waals surface area contributed by atoms with Gasteiger partial charge >= 0.3 is 0 Å². The number of aryl methyl sites for hydroxylation is 1. The van der Waals surface area contributed by atoms with Gasteiger partial charge in [-0.05, 0) is 54.8 Å². The zero-order valence-electron chi connectivity index (χ0n) is 12.1. The monoisotopic (exact) mass is 325 g/mol. The van der Waals surface area contributed by atoms with E-state index < -0.39 is 0 Å². The molecule has 2 aromatic rings. The molecule has 1 nitrogen and oxygen atoms in total. The lowest BCUT2D eigenvalue weighted by Crippen LogP contribution is -2.23. The molecule has 0 aliphatic rings. The van der Waals surface area contributed by atoms with Crippen molar-refractivity contribution in [2.45, 2.75) is 26.3 Å². The van der Waals surface area contributed by atoms with Crippen molar-refractivity contribution in [2.75, 3.05) is 6.54 Å². The molecule has 1 atom stereocenters. The normalized spacial score (nSPS) is 12.4. The minimum absolute atomic E-state index is 0.117. The molecule has 0 saturated carbocycles. The average molecular weight is 326 g/mol. The lowest BCUT2D eigenvalue weighted by Gasteiger charge is -2.19. The molecule has 0 spiro atoms. The Balaban J connectivity index is 2.25. The van der Waals surface area contributed by atoms with Gasteiger partial charge in [-0.3, -0.25) is 0 Å². The van der Waals surface area contributed by atoms with E-state index in [-0.39, 0.29) is 16.9 Å². The van der Waals surface area contributed by atoms with E-state index in [2.05, 4.69) is 18.3 Å². The molecular formula is C17H18Cl2FN. The maximum absolute atomic E-state index is 13.6. The van der Waals surface area contributed by atoms with Crippen LogP contribution in [0.25, 0.3) is 0 Å². The Morgan fingerprint density at radius 3 is 2.43 bits per heavy atom. The summed E-state index contributed by atoms with van der Waals surface area (Å²) in [5.74, 6) is -0.378. The SMILES string of the molecule is CCNC(Cc1ccc(Cl)c(F)c1)c1ccc(Cl)c(C)c1. The lowest BCUT2D eigenvalue weighted by molar-refractivity contribution is 0.546. The molecule has 21 heavy (non-hydrogen) atoms. The molecule has 2 aromatic carbocycles. The van der Waals surface area contributed by atoms with E-state index in [1.807, 2.05) is 25.1 Å². The van der Waals surface area contributed by atoms with Gasteiger partial charge in [-0.2, -0.15) is 0 Å². The first-order valence-corrected chi connectivity index (χ1v) is 7.70. The van der Waals surface area contributed by atoms with Gasteiger partial charge in [0, 0.05) is 11.1 Å². The number of nitrogens with one attached hydrogen (secondary N) is 1. The van der Waals surface area contributed by atoms with Crippen LogP contribution >= 0.6 is 23.2 Å². The number of benzene rings is 2. The fourth-order valence-corrected chi connectivity index (χ4v) is 2.58. The Bertz CT molecular complexity index is 628. The number of hydrogen-bond acceptors (Lipinski definition) is 1. The van der Waals surface area contributed by atoms with Crippen molar-refractivity contribution in [2.24, 2.45) is 0 Å². The van der Waals surface area contributed by atoms with Gasteiger partial charge in [-0.25, -0.2) is 4.39 Å². The van der Waals surface area contributed by atoms with Gasteiger partial charge < -0.3 is 5.32 Å². The second kappa shape index (κ2) is 7.26. The summed E-state index contributed by atoms with van der Waals surface area (Å²) in [5.41, 5.74) is 3.10. The van der Waals surface area contributed by atoms with Crippen LogP contribution in [0.5, 0.6) is 0 Å². The number of hydrogen-bond donors (Lipinski definition) is 1. The minimum atomic E-state index is -0.378. The summed E-state index contributed by atoms with van der Waals surface area (Å²) < 4.78 is 13.6. The van der Waals surface area contributed by atoms with Crippen molar-refractivity contribution in [3.05, 3.63) is 69.0 Å². The highest BCUT2D eigenvalue weighted by atomic mass is 35.5. The molecule has 0 saturated heterocycles. The van der Waals surface area contributed by atoms with Crippen LogP contribution in [0.2, 0.25) is 10.0 Å². The van der Waals surface area contributed by atoms with Crippen molar-refractivity contribution < 1.29 is 4.39 Å². The summed E-state index contributed by atoms with van der Waals surface area (Å²) >= 11 is 11.8. The fraction of sp³-hybridized carbons (Fsp3) is 0.294. The van der Waals surface area contributed by atoms with E-state index in [1.54, 1.807) is 6.07 Å². The third kappa shape index (κ3) is 4.19. The van der Waals surface area contributed by atoms with E-state index in [0.717, 1.165) is 28.3 Å². The van der Waals surface area contributed by atoms with Gasteiger partial charge in [-0.1, -0.05) is 48.3 Å².